The van der Waals surface area contributed by atoms with Crippen molar-refractivity contribution in [2.24, 2.45) is 0 Å². The molecule has 1 aliphatic rings. The molecule has 1 N–H and O–H groups in total. The molecule has 0 bridgehead atoms. The number of nitrogens with zero attached hydrogens (tertiary/aromatic N) is 1. The van der Waals surface area contributed by atoms with Crippen LogP contribution < -0.4 is 0 Å². The Morgan fingerprint density at radius 2 is 2.17 bits per heavy atom. The number of amides is 1. The van der Waals surface area contributed by atoms with E-state index in [-0.39, 0.29) is 5.91 Å². The van der Waals surface area contributed by atoms with Crippen molar-refractivity contribution in [3.63, 3.8) is 0 Å². The highest BCUT2D eigenvalue weighted by molar-refractivity contribution is 9.10. The van der Waals surface area contributed by atoms with E-state index in [1.165, 1.54) is 6.08 Å². The van der Waals surface area contributed by atoms with Crippen LogP contribution in [0.2, 0.25) is 0 Å². The molecule has 0 saturated carbocycles. The molecule has 0 unspecified atom stereocenters. The van der Waals surface area contributed by atoms with Crippen LogP contribution in [0.15, 0.2) is 27.3 Å². The lowest BCUT2D eigenvalue weighted by atomic mass is 9.94. The van der Waals surface area contributed by atoms with Crippen LogP contribution in [0, 0.1) is 0 Å². The molecular weight excluding hydrogens is 298 g/mol. The number of likely N-dealkylation sites (tertiary alicyclic amines) is 1. The third-order valence-electron chi connectivity index (χ3n) is 3.14. The smallest absolute Gasteiger partial charge is 0.246 e. The maximum Gasteiger partial charge on any atom is 0.246 e. The lowest BCUT2D eigenvalue weighted by molar-refractivity contribution is -0.129. The number of carbonyl (C=O) groups excluding carboxylic acids is 1. The van der Waals surface area contributed by atoms with Crippen molar-refractivity contribution in [2.75, 3.05) is 13.1 Å². The van der Waals surface area contributed by atoms with Crippen LogP contribution in [0.25, 0.3) is 6.08 Å². The molecule has 0 aromatic carbocycles. The zero-order valence-electron chi connectivity index (χ0n) is 10.2. The van der Waals surface area contributed by atoms with Crippen LogP contribution >= 0.6 is 15.9 Å². The Hall–Kier alpha value is -1.07. The molecule has 2 heterocycles. The van der Waals surface area contributed by atoms with Crippen molar-refractivity contribution in [1.29, 1.82) is 0 Å². The number of aliphatic hydroxyl groups is 1. The number of hydrogen-bond acceptors (Lipinski definition) is 3. The van der Waals surface area contributed by atoms with Crippen LogP contribution in [-0.2, 0) is 4.79 Å². The van der Waals surface area contributed by atoms with E-state index in [2.05, 4.69) is 15.9 Å². The summed E-state index contributed by atoms with van der Waals surface area (Å²) in [5.74, 6) is 0.595. The number of halogens is 1. The Morgan fingerprint density at radius 1 is 1.50 bits per heavy atom. The number of hydrogen-bond donors (Lipinski definition) is 1. The highest BCUT2D eigenvalue weighted by atomic mass is 79.9. The molecule has 0 radical (unpaired) electrons. The molecule has 1 amide bonds. The molecule has 0 aliphatic carbocycles. The monoisotopic (exact) mass is 313 g/mol. The first kappa shape index (κ1) is 13.4. The van der Waals surface area contributed by atoms with E-state index in [1.54, 1.807) is 23.1 Å². The van der Waals surface area contributed by atoms with E-state index in [4.69, 9.17) is 4.42 Å². The minimum absolute atomic E-state index is 0.0435. The first-order chi connectivity index (χ1) is 8.46. The van der Waals surface area contributed by atoms with E-state index < -0.39 is 5.60 Å². The first-order valence-corrected chi connectivity index (χ1v) is 6.70. The van der Waals surface area contributed by atoms with Gasteiger partial charge in [0.2, 0.25) is 5.91 Å². The number of rotatable bonds is 2. The van der Waals surface area contributed by atoms with Gasteiger partial charge in [-0.2, -0.15) is 0 Å². The number of piperidine rings is 1. The molecule has 1 saturated heterocycles. The quantitative estimate of drug-likeness (QED) is 0.853. The van der Waals surface area contributed by atoms with Crippen LogP contribution in [0.1, 0.15) is 25.5 Å². The van der Waals surface area contributed by atoms with Crippen LogP contribution in [-0.4, -0.2) is 34.6 Å². The highest BCUT2D eigenvalue weighted by Crippen LogP contribution is 2.21. The van der Waals surface area contributed by atoms with Crippen molar-refractivity contribution >= 4 is 27.9 Å². The van der Waals surface area contributed by atoms with E-state index >= 15 is 0 Å². The van der Waals surface area contributed by atoms with Crippen molar-refractivity contribution in [2.45, 2.75) is 25.4 Å². The van der Waals surface area contributed by atoms with Gasteiger partial charge in [0.05, 0.1) is 5.60 Å². The first-order valence-electron chi connectivity index (χ1n) is 5.91. The Morgan fingerprint density at radius 3 is 2.72 bits per heavy atom. The molecule has 5 heteroatoms. The molecular formula is C13H16BrNO3. The summed E-state index contributed by atoms with van der Waals surface area (Å²) in [7, 11) is 0. The van der Waals surface area contributed by atoms with Gasteiger partial charge in [-0.15, -0.1) is 0 Å². The predicted octanol–water partition coefficient (Wildman–Crippen LogP) is 2.43. The normalized spacial score (nSPS) is 19.4. The summed E-state index contributed by atoms with van der Waals surface area (Å²) in [6.07, 6.45) is 4.41. The molecule has 1 aromatic rings. The molecule has 2 rings (SSSR count). The maximum atomic E-state index is 11.9. The Balaban J connectivity index is 1.91. The minimum atomic E-state index is -0.633. The molecule has 1 aromatic heterocycles. The highest BCUT2D eigenvalue weighted by Gasteiger charge is 2.28. The molecule has 1 aliphatic heterocycles. The lowest BCUT2D eigenvalue weighted by Gasteiger charge is -2.35. The van der Waals surface area contributed by atoms with Crippen LogP contribution in [0.4, 0.5) is 0 Å². The largest absolute Gasteiger partial charge is 0.450 e. The van der Waals surface area contributed by atoms with Crippen LogP contribution in [0.5, 0.6) is 0 Å². The number of carbonyl (C=O) groups is 1. The topological polar surface area (TPSA) is 53.7 Å². The second-order valence-electron chi connectivity index (χ2n) is 4.80. The van der Waals surface area contributed by atoms with Gasteiger partial charge in [-0.3, -0.25) is 4.79 Å². The fourth-order valence-electron chi connectivity index (χ4n) is 1.89. The summed E-state index contributed by atoms with van der Waals surface area (Å²) >= 11 is 3.20. The van der Waals surface area contributed by atoms with Gasteiger partial charge in [-0.05, 0) is 53.9 Å². The Labute approximate surface area is 114 Å². The zero-order valence-corrected chi connectivity index (χ0v) is 11.8. The van der Waals surface area contributed by atoms with Crippen molar-refractivity contribution in [1.82, 2.24) is 4.90 Å². The van der Waals surface area contributed by atoms with Gasteiger partial charge in [-0.25, -0.2) is 0 Å². The van der Waals surface area contributed by atoms with Crippen molar-refractivity contribution in [3.05, 3.63) is 28.6 Å². The Bertz CT molecular complexity index is 455. The van der Waals surface area contributed by atoms with Gasteiger partial charge in [-0.1, -0.05) is 0 Å². The number of furan rings is 1. The summed E-state index contributed by atoms with van der Waals surface area (Å²) in [5, 5.41) is 9.81. The molecule has 98 valence electrons. The fraction of sp³-hybridized carbons (Fsp3) is 0.462. The molecule has 0 spiro atoms. The van der Waals surface area contributed by atoms with E-state index in [0.29, 0.717) is 36.4 Å². The average Bonchev–Trinajstić information content (AvgIpc) is 2.72. The van der Waals surface area contributed by atoms with Gasteiger partial charge in [0, 0.05) is 19.2 Å². The molecule has 1 fully saturated rings. The third kappa shape index (κ3) is 3.46. The zero-order chi connectivity index (χ0) is 13.2. The van der Waals surface area contributed by atoms with E-state index in [0.717, 1.165) is 0 Å². The fourth-order valence-corrected chi connectivity index (χ4v) is 2.20. The molecule has 18 heavy (non-hydrogen) atoms. The van der Waals surface area contributed by atoms with Gasteiger partial charge < -0.3 is 14.4 Å². The molecule has 4 nitrogen and oxygen atoms in total. The third-order valence-corrected chi connectivity index (χ3v) is 3.56. The van der Waals surface area contributed by atoms with Crippen molar-refractivity contribution < 1.29 is 14.3 Å². The summed E-state index contributed by atoms with van der Waals surface area (Å²) in [6.45, 7) is 3.00. The second-order valence-corrected chi connectivity index (χ2v) is 5.58. The predicted molar refractivity (Wildman–Crippen MR) is 71.9 cm³/mol. The summed E-state index contributed by atoms with van der Waals surface area (Å²) in [5.41, 5.74) is -0.633. The average molecular weight is 314 g/mol. The Kier molecular flexibility index (Phi) is 3.92. The summed E-state index contributed by atoms with van der Waals surface area (Å²) < 4.78 is 5.92. The maximum absolute atomic E-state index is 11.9. The van der Waals surface area contributed by atoms with E-state index in [9.17, 15) is 9.90 Å². The lowest BCUT2D eigenvalue weighted by Crippen LogP contribution is -2.44. The van der Waals surface area contributed by atoms with Crippen molar-refractivity contribution in [3.8, 4) is 0 Å². The van der Waals surface area contributed by atoms with Gasteiger partial charge >= 0.3 is 0 Å². The second kappa shape index (κ2) is 5.28. The van der Waals surface area contributed by atoms with Gasteiger partial charge in [0.15, 0.2) is 4.67 Å². The minimum Gasteiger partial charge on any atom is -0.450 e. The summed E-state index contributed by atoms with van der Waals surface area (Å²) in [4.78, 5) is 13.6. The standard InChI is InChI=1S/C13H16BrNO3/c1-13(17)6-8-15(9-7-13)12(16)5-3-10-2-4-11(14)18-10/h2-5,17H,6-9H2,1H3/b5-3+. The van der Waals surface area contributed by atoms with Crippen LogP contribution in [0.3, 0.4) is 0 Å². The van der Waals surface area contributed by atoms with Gasteiger partial charge in [0.25, 0.3) is 0 Å². The van der Waals surface area contributed by atoms with E-state index in [1.807, 2.05) is 6.92 Å². The van der Waals surface area contributed by atoms with Gasteiger partial charge in [0.1, 0.15) is 5.76 Å². The molecule has 0 atom stereocenters. The summed E-state index contributed by atoms with van der Waals surface area (Å²) in [6, 6.07) is 3.57. The SMILES string of the molecule is CC1(O)CCN(C(=O)/C=C/c2ccc(Br)o2)CC1.